The predicted octanol–water partition coefficient (Wildman–Crippen LogP) is 2.80. The fourth-order valence-electron chi connectivity index (χ4n) is 0.925. The molecule has 0 amide bonds. The summed E-state index contributed by atoms with van der Waals surface area (Å²) in [5.74, 6) is -34.6. The topological polar surface area (TPSA) is 46.5 Å². The summed E-state index contributed by atoms with van der Waals surface area (Å²) in [5, 5.41) is 8.14. The number of aliphatic hydroxyl groups is 1. The van der Waals surface area contributed by atoms with Crippen LogP contribution in [0.5, 0.6) is 0 Å². The van der Waals surface area contributed by atoms with Crippen LogP contribution in [0.2, 0.25) is 0 Å². The minimum atomic E-state index is -7.15. The van der Waals surface area contributed by atoms with Crippen molar-refractivity contribution in [1.82, 2.24) is 0 Å². The molecule has 0 saturated carbocycles. The lowest BCUT2D eigenvalue weighted by Gasteiger charge is -2.35. The number of esters is 1. The summed E-state index contributed by atoms with van der Waals surface area (Å²) in [6, 6.07) is 0. The molecule has 0 aromatic carbocycles. The molecule has 0 spiro atoms. The van der Waals surface area contributed by atoms with Crippen LogP contribution < -0.4 is 0 Å². The fraction of sp³-hybridized carbons (Fsp3) is 0.625. The monoisotopic (exact) mass is 338 g/mol. The number of carbonyl (C=O) groups is 1. The molecule has 0 aliphatic carbocycles. The summed E-state index contributed by atoms with van der Waals surface area (Å²) in [7, 11) is 0.0633. The lowest BCUT2D eigenvalue weighted by atomic mass is 9.97. The molecule has 0 bridgehead atoms. The van der Waals surface area contributed by atoms with E-state index in [4.69, 9.17) is 5.11 Å². The second kappa shape index (κ2) is 5.35. The zero-order valence-corrected chi connectivity index (χ0v) is 9.54. The third kappa shape index (κ3) is 2.65. The molecule has 1 atom stereocenters. The highest BCUT2D eigenvalue weighted by Crippen LogP contribution is 2.54. The van der Waals surface area contributed by atoms with E-state index in [2.05, 4.69) is 4.74 Å². The summed E-state index contributed by atoms with van der Waals surface area (Å²) in [6.45, 7) is 0. The van der Waals surface area contributed by atoms with Gasteiger partial charge in [0, 0.05) is 0 Å². The minimum absolute atomic E-state index is 0.0633. The third-order valence-corrected chi connectivity index (χ3v) is 2.10. The smallest absolute Gasteiger partial charge is 0.410 e. The van der Waals surface area contributed by atoms with Gasteiger partial charge < -0.3 is 9.84 Å². The molecule has 0 aliphatic rings. The Balaban J connectivity index is 6.13. The van der Waals surface area contributed by atoms with E-state index in [1.54, 1.807) is 0 Å². The van der Waals surface area contributed by atoms with Gasteiger partial charge in [-0.25, -0.2) is 4.79 Å². The highest BCUT2D eigenvalue weighted by atomic mass is 19.3. The van der Waals surface area contributed by atoms with Crippen LogP contribution in [0.1, 0.15) is 0 Å². The molecule has 13 heteroatoms. The van der Waals surface area contributed by atoms with Gasteiger partial charge in [-0.15, -0.1) is 0 Å². The molecule has 1 N–H and O–H groups in total. The Bertz CT molecular complexity index is 451. The molecule has 1 unspecified atom stereocenters. The van der Waals surface area contributed by atoms with Crippen molar-refractivity contribution >= 4 is 5.97 Å². The van der Waals surface area contributed by atoms with Gasteiger partial charge in [0.15, 0.2) is 0 Å². The first-order valence-corrected chi connectivity index (χ1v) is 4.43. The van der Waals surface area contributed by atoms with Gasteiger partial charge in [0.25, 0.3) is 0 Å². The van der Waals surface area contributed by atoms with Gasteiger partial charge in [-0.1, -0.05) is 0 Å². The molecule has 0 radical (unpaired) electrons. The molecule has 124 valence electrons. The Morgan fingerprint density at radius 3 is 1.57 bits per heavy atom. The SMILES string of the molecule is COC(=O)C(F)(F)C(F)(F)C(F)(F)C(O)(F)C(F)=C(F)F. The van der Waals surface area contributed by atoms with Crippen molar-refractivity contribution in [3.63, 3.8) is 0 Å². The van der Waals surface area contributed by atoms with E-state index in [-0.39, 0.29) is 7.11 Å². The highest BCUT2D eigenvalue weighted by Gasteiger charge is 2.83. The van der Waals surface area contributed by atoms with E-state index >= 15 is 0 Å². The molecule has 0 aromatic heterocycles. The Labute approximate surface area is 108 Å². The average Bonchev–Trinajstić information content (AvgIpc) is 2.35. The first-order chi connectivity index (χ1) is 9.09. The van der Waals surface area contributed by atoms with Gasteiger partial charge in [0.1, 0.15) is 0 Å². The second-order valence-corrected chi connectivity index (χ2v) is 3.41. The van der Waals surface area contributed by atoms with E-state index in [1.807, 2.05) is 0 Å². The maximum Gasteiger partial charge on any atom is 0.410 e. The first kappa shape index (κ1) is 19.5. The van der Waals surface area contributed by atoms with Crippen LogP contribution >= 0.6 is 0 Å². The Morgan fingerprint density at radius 1 is 0.905 bits per heavy atom. The molecule has 0 fully saturated rings. The maximum atomic E-state index is 12.9. The Morgan fingerprint density at radius 2 is 1.29 bits per heavy atom. The van der Waals surface area contributed by atoms with E-state index in [0.29, 0.717) is 0 Å². The van der Waals surface area contributed by atoms with E-state index in [1.165, 1.54) is 0 Å². The number of methoxy groups -OCH3 is 1. The quantitative estimate of drug-likeness (QED) is 0.619. The van der Waals surface area contributed by atoms with Crippen LogP contribution in [0.25, 0.3) is 0 Å². The Hall–Kier alpha value is -1.53. The van der Waals surface area contributed by atoms with Crippen LogP contribution in [0.3, 0.4) is 0 Å². The minimum Gasteiger partial charge on any atom is -0.464 e. The molecule has 0 aromatic rings. The Kier molecular flexibility index (Phi) is 4.96. The van der Waals surface area contributed by atoms with Gasteiger partial charge in [-0.2, -0.15) is 43.9 Å². The van der Waals surface area contributed by atoms with Crippen molar-refractivity contribution in [1.29, 1.82) is 0 Å². The highest BCUT2D eigenvalue weighted by molar-refractivity contribution is 5.79. The van der Waals surface area contributed by atoms with Crippen molar-refractivity contribution in [3.8, 4) is 0 Å². The van der Waals surface area contributed by atoms with Gasteiger partial charge in [-0.05, 0) is 0 Å². The third-order valence-electron chi connectivity index (χ3n) is 2.10. The van der Waals surface area contributed by atoms with Crippen LogP contribution in [0.15, 0.2) is 11.9 Å². The first-order valence-electron chi connectivity index (χ1n) is 4.43. The molecule has 3 nitrogen and oxygen atoms in total. The fourth-order valence-corrected chi connectivity index (χ4v) is 0.925. The van der Waals surface area contributed by atoms with Crippen LogP contribution in [0, 0.1) is 0 Å². The zero-order valence-electron chi connectivity index (χ0n) is 9.54. The standard InChI is InChI=1S/C8H4F10O3/c1-21-4(19)5(12,13)7(15,16)8(17,18)6(14,20)2(9)3(10)11/h20H,1H3. The molecular weight excluding hydrogens is 334 g/mol. The average molecular weight is 338 g/mol. The number of hydrogen-bond donors (Lipinski definition) is 1. The van der Waals surface area contributed by atoms with Gasteiger partial charge in [-0.3, -0.25) is 0 Å². The van der Waals surface area contributed by atoms with Crippen molar-refractivity contribution < 1.29 is 58.5 Å². The lowest BCUT2D eigenvalue weighted by Crippen LogP contribution is -2.66. The summed E-state index contributed by atoms with van der Waals surface area (Å²) in [6.07, 6.45) is -4.00. The number of halogens is 10. The molecule has 0 saturated heterocycles. The number of carbonyl (C=O) groups excluding carboxylic acids is 1. The summed E-state index contributed by atoms with van der Waals surface area (Å²) >= 11 is 0. The number of rotatable bonds is 5. The lowest BCUT2D eigenvalue weighted by molar-refractivity contribution is -0.369. The van der Waals surface area contributed by atoms with Crippen LogP contribution in [0.4, 0.5) is 43.9 Å². The number of ether oxygens (including phenoxy) is 1. The van der Waals surface area contributed by atoms with Crippen molar-refractivity contribution in [2.75, 3.05) is 7.11 Å². The largest absolute Gasteiger partial charge is 0.464 e. The normalized spacial score (nSPS) is 16.2. The van der Waals surface area contributed by atoms with Crippen molar-refractivity contribution in [3.05, 3.63) is 11.9 Å². The molecule has 0 aliphatic heterocycles. The second-order valence-electron chi connectivity index (χ2n) is 3.41. The predicted molar refractivity (Wildman–Crippen MR) is 43.3 cm³/mol. The van der Waals surface area contributed by atoms with Gasteiger partial charge >= 0.3 is 35.7 Å². The zero-order chi connectivity index (χ0) is 17.4. The van der Waals surface area contributed by atoms with Gasteiger partial charge in [0.05, 0.1) is 7.11 Å². The number of hydrogen-bond acceptors (Lipinski definition) is 3. The summed E-state index contributed by atoms with van der Waals surface area (Å²) in [4.78, 5) is 10.3. The van der Waals surface area contributed by atoms with Crippen LogP contribution in [-0.4, -0.2) is 41.8 Å². The van der Waals surface area contributed by atoms with Gasteiger partial charge in [0.2, 0.25) is 5.83 Å². The summed E-state index contributed by atoms with van der Waals surface area (Å²) < 4.78 is 129. The maximum absolute atomic E-state index is 12.9. The number of alkyl halides is 7. The molecule has 21 heavy (non-hydrogen) atoms. The van der Waals surface area contributed by atoms with E-state index < -0.39 is 41.5 Å². The summed E-state index contributed by atoms with van der Waals surface area (Å²) in [5.41, 5.74) is 0. The molecular formula is C8H4F10O3. The van der Waals surface area contributed by atoms with E-state index in [9.17, 15) is 48.7 Å². The van der Waals surface area contributed by atoms with Crippen LogP contribution in [-0.2, 0) is 9.53 Å². The van der Waals surface area contributed by atoms with E-state index in [0.717, 1.165) is 0 Å². The molecule has 0 rings (SSSR count). The van der Waals surface area contributed by atoms with Crippen molar-refractivity contribution in [2.24, 2.45) is 0 Å². The van der Waals surface area contributed by atoms with Crippen molar-refractivity contribution in [2.45, 2.75) is 23.6 Å². The molecule has 0 heterocycles.